The highest BCUT2D eigenvalue weighted by Crippen LogP contribution is 2.18. The normalized spacial score (nSPS) is 16.2. The minimum atomic E-state index is -0.516. The van der Waals surface area contributed by atoms with Gasteiger partial charge in [-0.25, -0.2) is 14.4 Å². The fraction of sp³-hybridized carbons (Fsp3) is 0.500. The molecular weight excluding hydrogens is 278 g/mol. The second-order valence-corrected chi connectivity index (χ2v) is 4.16. The lowest BCUT2D eigenvalue weighted by Gasteiger charge is -2.02. The molecule has 1 fully saturated rings. The largest absolute Gasteiger partial charge is 0.466 e. The van der Waals surface area contributed by atoms with Gasteiger partial charge in [0.1, 0.15) is 6.61 Å². The maximum Gasteiger partial charge on any atom is 0.333 e. The Kier molecular flexibility index (Phi) is 9.41. The van der Waals surface area contributed by atoms with E-state index in [0.717, 1.165) is 12.7 Å². The van der Waals surface area contributed by atoms with Gasteiger partial charge >= 0.3 is 11.9 Å². The first-order valence-corrected chi connectivity index (χ1v) is 6.18. The average Bonchev–Trinajstić information content (AvgIpc) is 3.28. The highest BCUT2D eigenvalue weighted by Gasteiger charge is 2.25. The van der Waals surface area contributed by atoms with Gasteiger partial charge in [-0.3, -0.25) is 0 Å². The molecule has 0 bridgehead atoms. The van der Waals surface area contributed by atoms with Crippen LogP contribution in [0.15, 0.2) is 29.8 Å². The lowest BCUT2D eigenvalue weighted by molar-refractivity contribution is -0.138. The first-order chi connectivity index (χ1) is 9.94. The van der Waals surface area contributed by atoms with Crippen molar-refractivity contribution in [3.8, 4) is 0 Å². The molecule has 0 spiro atoms. The van der Waals surface area contributed by atoms with Crippen molar-refractivity contribution < 1.29 is 28.6 Å². The zero-order chi connectivity index (χ0) is 16.3. The van der Waals surface area contributed by atoms with Crippen LogP contribution in [-0.4, -0.2) is 50.5 Å². The Morgan fingerprint density at radius 3 is 2.62 bits per heavy atom. The molecule has 116 valence electrons. The van der Waals surface area contributed by atoms with Gasteiger partial charge in [-0.05, 0) is 6.92 Å². The number of rotatable bonds is 7. The van der Waals surface area contributed by atoms with E-state index in [9.17, 15) is 14.4 Å². The highest BCUT2D eigenvalue weighted by atomic mass is 16.6. The lowest BCUT2D eigenvalue weighted by atomic mass is 10.2. The van der Waals surface area contributed by atoms with Gasteiger partial charge in [0.05, 0.1) is 25.9 Å². The van der Waals surface area contributed by atoms with Crippen LogP contribution in [0.4, 0.5) is 0 Å². The molecule has 2 unspecified atom stereocenters. The number of methoxy groups -OCH3 is 1. The van der Waals surface area contributed by atoms with Gasteiger partial charge in [-0.2, -0.15) is 4.99 Å². The Bertz CT molecular complexity index is 435. The predicted octanol–water partition coefficient (Wildman–Crippen LogP) is 0.944. The molecule has 1 aliphatic rings. The van der Waals surface area contributed by atoms with Crippen molar-refractivity contribution in [1.29, 1.82) is 0 Å². The van der Waals surface area contributed by atoms with Gasteiger partial charge in [-0.15, -0.1) is 0 Å². The van der Waals surface area contributed by atoms with Crippen LogP contribution < -0.4 is 0 Å². The Morgan fingerprint density at radius 2 is 2.19 bits per heavy atom. The van der Waals surface area contributed by atoms with Crippen LogP contribution in [0.1, 0.15) is 13.3 Å². The van der Waals surface area contributed by atoms with Gasteiger partial charge in [0.25, 0.3) is 0 Å². The molecule has 2 atom stereocenters. The molecule has 21 heavy (non-hydrogen) atoms. The van der Waals surface area contributed by atoms with Crippen LogP contribution in [0, 0.1) is 0 Å². The molecular formula is C14H19NO6. The minimum absolute atomic E-state index is 0.0834. The van der Waals surface area contributed by atoms with Gasteiger partial charge in [-0.1, -0.05) is 13.2 Å². The molecule has 7 nitrogen and oxygen atoms in total. The minimum Gasteiger partial charge on any atom is -0.466 e. The Balaban J connectivity index is 0.000000382. The zero-order valence-corrected chi connectivity index (χ0v) is 12.2. The predicted molar refractivity (Wildman–Crippen MR) is 74.3 cm³/mol. The van der Waals surface area contributed by atoms with E-state index in [4.69, 9.17) is 4.74 Å². The summed E-state index contributed by atoms with van der Waals surface area (Å²) in [6.45, 7) is 9.22. The van der Waals surface area contributed by atoms with Crippen molar-refractivity contribution in [1.82, 2.24) is 0 Å². The summed E-state index contributed by atoms with van der Waals surface area (Å²) in [5.74, 6) is -0.853. The van der Waals surface area contributed by atoms with Crippen molar-refractivity contribution in [2.24, 2.45) is 4.99 Å². The van der Waals surface area contributed by atoms with E-state index in [2.05, 4.69) is 27.6 Å². The number of carbonyl (C=O) groups is 2. The number of epoxide rings is 1. The third kappa shape index (κ3) is 10.2. The van der Waals surface area contributed by atoms with Crippen molar-refractivity contribution in [2.45, 2.75) is 25.5 Å². The zero-order valence-electron chi connectivity index (χ0n) is 12.2. The molecule has 1 rings (SSSR count). The summed E-state index contributed by atoms with van der Waals surface area (Å²) < 4.78 is 13.9. The van der Waals surface area contributed by atoms with Crippen LogP contribution in [0.25, 0.3) is 0 Å². The summed E-state index contributed by atoms with van der Waals surface area (Å²) in [7, 11) is 1.35. The van der Waals surface area contributed by atoms with E-state index >= 15 is 0 Å². The van der Waals surface area contributed by atoms with Crippen LogP contribution in [0.5, 0.6) is 0 Å². The fourth-order valence-corrected chi connectivity index (χ4v) is 1.08. The van der Waals surface area contributed by atoms with E-state index in [0.29, 0.717) is 12.0 Å². The summed E-state index contributed by atoms with van der Waals surface area (Å²) in [6.07, 6.45) is 3.24. The third-order valence-electron chi connectivity index (χ3n) is 2.26. The Labute approximate surface area is 123 Å². The fourth-order valence-electron chi connectivity index (χ4n) is 1.08. The SMILES string of the molecule is C=C(CC1CO1)C(=O)OC.C=CC(=O)OCC(C)N=C=O. The van der Waals surface area contributed by atoms with Crippen LogP contribution >= 0.6 is 0 Å². The van der Waals surface area contributed by atoms with E-state index < -0.39 is 5.97 Å². The van der Waals surface area contributed by atoms with Gasteiger partial charge < -0.3 is 14.2 Å². The number of aliphatic imine (C=N–C) groups is 1. The first-order valence-electron chi connectivity index (χ1n) is 6.18. The van der Waals surface area contributed by atoms with Gasteiger partial charge in [0.15, 0.2) is 0 Å². The molecule has 0 N–H and O–H groups in total. The molecule has 1 aliphatic heterocycles. The number of isocyanates is 1. The lowest BCUT2D eigenvalue weighted by Crippen LogP contribution is -2.12. The Morgan fingerprint density at radius 1 is 1.57 bits per heavy atom. The molecule has 0 amide bonds. The first kappa shape index (κ1) is 18.8. The van der Waals surface area contributed by atoms with E-state index in [1.54, 1.807) is 6.92 Å². The van der Waals surface area contributed by atoms with Crippen LogP contribution in [-0.2, 0) is 28.6 Å². The smallest absolute Gasteiger partial charge is 0.333 e. The number of hydrogen-bond donors (Lipinski definition) is 0. The number of nitrogens with zero attached hydrogens (tertiary/aromatic N) is 1. The highest BCUT2D eigenvalue weighted by molar-refractivity contribution is 5.87. The third-order valence-corrected chi connectivity index (χ3v) is 2.26. The maximum absolute atomic E-state index is 10.7. The van der Waals surface area contributed by atoms with E-state index in [-0.39, 0.29) is 24.7 Å². The number of ether oxygens (including phenoxy) is 3. The molecule has 0 aromatic carbocycles. The Hall–Kier alpha value is -2.24. The van der Waals surface area contributed by atoms with E-state index in [1.165, 1.54) is 13.2 Å². The standard InChI is InChI=1S/C7H9NO3.C7H10O3/c1-3-7(10)11-4-6(2)8-5-9;1-5(7(8)9-2)3-6-4-10-6/h3,6H,1,4H2,2H3;6H,1,3-4H2,2H3. The van der Waals surface area contributed by atoms with Crippen molar-refractivity contribution in [2.75, 3.05) is 20.3 Å². The maximum atomic E-state index is 10.7. The molecule has 0 aliphatic carbocycles. The van der Waals surface area contributed by atoms with Crippen LogP contribution in [0.3, 0.4) is 0 Å². The average molecular weight is 297 g/mol. The molecule has 0 saturated carbocycles. The molecule has 1 heterocycles. The van der Waals surface area contributed by atoms with Crippen molar-refractivity contribution in [3.05, 3.63) is 24.8 Å². The number of carbonyl (C=O) groups excluding carboxylic acids is 3. The topological polar surface area (TPSA) is 94.6 Å². The second-order valence-electron chi connectivity index (χ2n) is 4.16. The van der Waals surface area contributed by atoms with E-state index in [1.807, 2.05) is 0 Å². The second kappa shape index (κ2) is 10.5. The van der Waals surface area contributed by atoms with Crippen molar-refractivity contribution in [3.63, 3.8) is 0 Å². The molecule has 1 saturated heterocycles. The van der Waals surface area contributed by atoms with Gasteiger partial charge in [0.2, 0.25) is 6.08 Å². The summed E-state index contributed by atoms with van der Waals surface area (Å²) >= 11 is 0. The van der Waals surface area contributed by atoms with Crippen molar-refractivity contribution >= 4 is 18.0 Å². The monoisotopic (exact) mass is 297 g/mol. The summed E-state index contributed by atoms with van der Waals surface area (Å²) in [6, 6.07) is -0.337. The summed E-state index contributed by atoms with van der Waals surface area (Å²) in [4.78, 5) is 34.1. The molecule has 0 aromatic heterocycles. The number of esters is 2. The molecule has 0 radical (unpaired) electrons. The quantitative estimate of drug-likeness (QED) is 0.228. The summed E-state index contributed by atoms with van der Waals surface area (Å²) in [5.41, 5.74) is 0.491. The summed E-state index contributed by atoms with van der Waals surface area (Å²) in [5, 5.41) is 0. The molecule has 7 heteroatoms. The van der Waals surface area contributed by atoms with Crippen LogP contribution in [0.2, 0.25) is 0 Å². The van der Waals surface area contributed by atoms with Gasteiger partial charge in [0, 0.05) is 18.1 Å². The molecule has 0 aromatic rings. The number of hydrogen-bond acceptors (Lipinski definition) is 7.